The number of rotatable bonds is 8. The minimum atomic E-state index is -0.157. The van der Waals surface area contributed by atoms with E-state index in [1.165, 1.54) is 4.90 Å². The van der Waals surface area contributed by atoms with Crippen LogP contribution in [0.25, 0.3) is 5.69 Å². The van der Waals surface area contributed by atoms with Crippen LogP contribution in [0.5, 0.6) is 5.75 Å². The molecular weight excluding hydrogens is 452 g/mol. The lowest BCUT2D eigenvalue weighted by molar-refractivity contribution is 0.0648. The van der Waals surface area contributed by atoms with E-state index in [0.717, 1.165) is 74.1 Å². The van der Waals surface area contributed by atoms with E-state index in [4.69, 9.17) is 4.74 Å². The van der Waals surface area contributed by atoms with Gasteiger partial charge in [0, 0.05) is 49.8 Å². The van der Waals surface area contributed by atoms with Crippen molar-refractivity contribution < 1.29 is 14.3 Å². The Hall–Kier alpha value is -3.58. The Morgan fingerprint density at radius 1 is 0.750 bits per heavy atom. The number of anilines is 1. The molecule has 0 spiro atoms. The zero-order valence-electron chi connectivity index (χ0n) is 21.4. The number of amides is 2. The molecule has 2 aliphatic rings. The quantitative estimate of drug-likeness (QED) is 0.351. The van der Waals surface area contributed by atoms with Crippen LogP contribution in [0.1, 0.15) is 44.9 Å². The SMILES string of the molecule is COc1ccccc1N1CCN(CCCCN2C(=O)c3c(c(C)n(-c4ccccc4)c3C)C2=O)CC1. The van der Waals surface area contributed by atoms with Gasteiger partial charge in [-0.15, -0.1) is 0 Å². The molecule has 2 aliphatic heterocycles. The number of unbranched alkanes of at least 4 members (excludes halogenated alkanes) is 1. The molecule has 7 heteroatoms. The lowest BCUT2D eigenvalue weighted by atomic mass is 10.1. The van der Waals surface area contributed by atoms with E-state index < -0.39 is 0 Å². The molecule has 3 heterocycles. The summed E-state index contributed by atoms with van der Waals surface area (Å²) in [6, 6.07) is 18.1. The molecule has 0 saturated carbocycles. The molecule has 36 heavy (non-hydrogen) atoms. The summed E-state index contributed by atoms with van der Waals surface area (Å²) in [5.74, 6) is 0.602. The number of nitrogens with zero attached hydrogens (tertiary/aromatic N) is 4. The van der Waals surface area contributed by atoms with Crippen LogP contribution in [0.4, 0.5) is 5.69 Å². The van der Waals surface area contributed by atoms with Crippen LogP contribution in [-0.2, 0) is 0 Å². The molecule has 0 unspecified atom stereocenters. The largest absolute Gasteiger partial charge is 0.495 e. The van der Waals surface area contributed by atoms with Gasteiger partial charge in [-0.1, -0.05) is 30.3 Å². The lowest BCUT2D eigenvalue weighted by Crippen LogP contribution is -2.46. The second-order valence-electron chi connectivity index (χ2n) is 9.56. The molecule has 188 valence electrons. The van der Waals surface area contributed by atoms with E-state index in [-0.39, 0.29) is 11.8 Å². The summed E-state index contributed by atoms with van der Waals surface area (Å²) in [7, 11) is 1.72. The first-order chi connectivity index (χ1) is 17.5. The fraction of sp³-hybridized carbons (Fsp3) is 0.379. The van der Waals surface area contributed by atoms with Gasteiger partial charge in [0.2, 0.25) is 0 Å². The highest BCUT2D eigenvalue weighted by Crippen LogP contribution is 2.33. The highest BCUT2D eigenvalue weighted by atomic mass is 16.5. The number of fused-ring (bicyclic) bond motifs is 1. The molecule has 2 aromatic carbocycles. The van der Waals surface area contributed by atoms with Gasteiger partial charge < -0.3 is 14.2 Å². The third-order valence-electron chi connectivity index (χ3n) is 7.48. The van der Waals surface area contributed by atoms with Gasteiger partial charge in [0.25, 0.3) is 11.8 Å². The maximum absolute atomic E-state index is 13.2. The number of ether oxygens (including phenoxy) is 1. The minimum Gasteiger partial charge on any atom is -0.495 e. The second kappa shape index (κ2) is 10.2. The molecule has 0 radical (unpaired) electrons. The van der Waals surface area contributed by atoms with Gasteiger partial charge in [0.1, 0.15) is 5.75 Å². The Balaban J connectivity index is 1.14. The van der Waals surface area contributed by atoms with Gasteiger partial charge in [0.15, 0.2) is 0 Å². The van der Waals surface area contributed by atoms with Crippen molar-refractivity contribution in [1.29, 1.82) is 0 Å². The van der Waals surface area contributed by atoms with Gasteiger partial charge in [-0.3, -0.25) is 19.4 Å². The molecule has 5 rings (SSSR count). The van der Waals surface area contributed by atoms with E-state index >= 15 is 0 Å². The van der Waals surface area contributed by atoms with Gasteiger partial charge in [-0.2, -0.15) is 0 Å². The Labute approximate surface area is 212 Å². The van der Waals surface area contributed by atoms with Crippen LogP contribution in [-0.4, -0.2) is 72.6 Å². The molecule has 0 N–H and O–H groups in total. The molecule has 1 saturated heterocycles. The van der Waals surface area contributed by atoms with Crippen molar-refractivity contribution in [3.8, 4) is 11.4 Å². The van der Waals surface area contributed by atoms with E-state index in [1.807, 2.05) is 66.9 Å². The van der Waals surface area contributed by atoms with Crippen LogP contribution in [0.15, 0.2) is 54.6 Å². The minimum absolute atomic E-state index is 0.157. The summed E-state index contributed by atoms with van der Waals surface area (Å²) >= 11 is 0. The molecule has 0 bridgehead atoms. The molecule has 0 atom stereocenters. The van der Waals surface area contributed by atoms with Crippen LogP contribution in [0.2, 0.25) is 0 Å². The Morgan fingerprint density at radius 3 is 1.97 bits per heavy atom. The van der Waals surface area contributed by atoms with E-state index in [0.29, 0.717) is 17.7 Å². The normalized spacial score (nSPS) is 16.1. The monoisotopic (exact) mass is 486 g/mol. The Bertz CT molecular complexity index is 1220. The van der Waals surface area contributed by atoms with Crippen molar-refractivity contribution in [2.45, 2.75) is 26.7 Å². The molecule has 1 aromatic heterocycles. The Morgan fingerprint density at radius 2 is 1.33 bits per heavy atom. The predicted octanol–water partition coefficient (Wildman–Crippen LogP) is 4.30. The zero-order valence-corrected chi connectivity index (χ0v) is 21.4. The number of benzene rings is 2. The van der Waals surface area contributed by atoms with E-state index in [9.17, 15) is 9.59 Å². The van der Waals surface area contributed by atoms with Gasteiger partial charge in [-0.05, 0) is 57.5 Å². The molecule has 0 aliphatic carbocycles. The van der Waals surface area contributed by atoms with Gasteiger partial charge in [-0.25, -0.2) is 0 Å². The standard InChI is InChI=1S/C29H34N4O3/c1-21-26-27(22(2)33(21)23-11-5-4-6-12-23)29(35)32(28(26)34)16-10-9-15-30-17-19-31(20-18-30)24-13-7-8-14-25(24)36-3/h4-8,11-14H,9-10,15-20H2,1-3H3. The highest BCUT2D eigenvalue weighted by Gasteiger charge is 2.41. The maximum atomic E-state index is 13.2. The fourth-order valence-electron chi connectivity index (χ4n) is 5.60. The number of para-hydroxylation sites is 3. The van der Waals surface area contributed by atoms with Gasteiger partial charge in [0.05, 0.1) is 23.9 Å². The molecular formula is C29H34N4O3. The van der Waals surface area contributed by atoms with Gasteiger partial charge >= 0.3 is 0 Å². The summed E-state index contributed by atoms with van der Waals surface area (Å²) in [6.07, 6.45) is 1.77. The van der Waals surface area contributed by atoms with Crippen molar-refractivity contribution in [1.82, 2.24) is 14.4 Å². The summed E-state index contributed by atoms with van der Waals surface area (Å²) in [5, 5.41) is 0. The van der Waals surface area contributed by atoms with Crippen LogP contribution in [0, 0.1) is 13.8 Å². The summed E-state index contributed by atoms with van der Waals surface area (Å²) in [5.41, 5.74) is 4.92. The Kier molecular flexibility index (Phi) is 6.83. The van der Waals surface area contributed by atoms with E-state index in [1.54, 1.807) is 7.11 Å². The number of piperazine rings is 1. The topological polar surface area (TPSA) is 58.0 Å². The fourth-order valence-corrected chi connectivity index (χ4v) is 5.60. The molecule has 7 nitrogen and oxygen atoms in total. The highest BCUT2D eigenvalue weighted by molar-refractivity contribution is 6.22. The van der Waals surface area contributed by atoms with Crippen LogP contribution >= 0.6 is 0 Å². The number of carbonyl (C=O) groups is 2. The predicted molar refractivity (Wildman–Crippen MR) is 141 cm³/mol. The molecule has 3 aromatic rings. The first-order valence-electron chi connectivity index (χ1n) is 12.7. The van der Waals surface area contributed by atoms with Crippen molar-refractivity contribution in [2.75, 3.05) is 51.3 Å². The maximum Gasteiger partial charge on any atom is 0.263 e. The summed E-state index contributed by atoms with van der Waals surface area (Å²) in [4.78, 5) is 32.7. The number of hydrogen-bond acceptors (Lipinski definition) is 5. The van der Waals surface area contributed by atoms with Crippen molar-refractivity contribution in [3.63, 3.8) is 0 Å². The zero-order chi connectivity index (χ0) is 25.2. The first-order valence-corrected chi connectivity index (χ1v) is 12.7. The number of imide groups is 1. The van der Waals surface area contributed by atoms with E-state index in [2.05, 4.69) is 15.9 Å². The second-order valence-corrected chi connectivity index (χ2v) is 9.56. The number of methoxy groups -OCH3 is 1. The summed E-state index contributed by atoms with van der Waals surface area (Å²) < 4.78 is 7.53. The first kappa shape index (κ1) is 24.1. The van der Waals surface area contributed by atoms with Crippen LogP contribution in [0.3, 0.4) is 0 Å². The third kappa shape index (κ3) is 4.28. The lowest BCUT2D eigenvalue weighted by Gasteiger charge is -2.36. The van der Waals surface area contributed by atoms with Crippen molar-refractivity contribution >= 4 is 17.5 Å². The molecule has 2 amide bonds. The average molecular weight is 487 g/mol. The smallest absolute Gasteiger partial charge is 0.263 e. The third-order valence-corrected chi connectivity index (χ3v) is 7.48. The number of carbonyl (C=O) groups excluding carboxylic acids is 2. The van der Waals surface area contributed by atoms with Crippen molar-refractivity contribution in [2.24, 2.45) is 0 Å². The molecule has 1 fully saturated rings. The summed E-state index contributed by atoms with van der Waals surface area (Å²) in [6.45, 7) is 9.21. The van der Waals surface area contributed by atoms with Crippen LogP contribution < -0.4 is 9.64 Å². The van der Waals surface area contributed by atoms with Crippen molar-refractivity contribution in [3.05, 3.63) is 77.1 Å². The number of aromatic nitrogens is 1. The average Bonchev–Trinajstić information content (AvgIpc) is 3.32. The number of hydrogen-bond donors (Lipinski definition) is 0.